The van der Waals surface area contributed by atoms with Gasteiger partial charge < -0.3 is 15.2 Å². The number of para-hydroxylation sites is 1. The second-order valence-corrected chi connectivity index (χ2v) is 5.39. The highest BCUT2D eigenvalue weighted by atomic mass is 16.5. The van der Waals surface area contributed by atoms with Crippen molar-refractivity contribution in [3.05, 3.63) is 29.8 Å². The number of rotatable bonds is 9. The first-order valence-electron chi connectivity index (χ1n) is 7.39. The number of ether oxygens (including phenoxy) is 1. The Labute approximate surface area is 120 Å². The molecule has 1 aromatic carbocycles. The Bertz CT molecular complexity index is 443. The number of carboxylic acids is 1. The van der Waals surface area contributed by atoms with Crippen LogP contribution in [0.2, 0.25) is 0 Å². The van der Waals surface area contributed by atoms with E-state index in [1.807, 2.05) is 0 Å². The number of nitrogens with one attached hydrogen (secondary N) is 1. The van der Waals surface area contributed by atoms with Crippen molar-refractivity contribution in [3.63, 3.8) is 0 Å². The highest BCUT2D eigenvalue weighted by Gasteiger charge is 2.24. The van der Waals surface area contributed by atoms with Gasteiger partial charge in [0.2, 0.25) is 0 Å². The van der Waals surface area contributed by atoms with Gasteiger partial charge in [0.25, 0.3) is 0 Å². The molecule has 0 aromatic heterocycles. The van der Waals surface area contributed by atoms with Gasteiger partial charge in [0.1, 0.15) is 17.9 Å². The van der Waals surface area contributed by atoms with E-state index in [1.165, 1.54) is 19.3 Å². The molecule has 1 atom stereocenters. The summed E-state index contributed by atoms with van der Waals surface area (Å²) in [5, 5.41) is 12.5. The van der Waals surface area contributed by atoms with Crippen LogP contribution in [0.15, 0.2) is 24.3 Å². The fourth-order valence-electron chi connectivity index (χ4n) is 2.34. The maximum Gasteiger partial charge on any atom is 0.339 e. The molecule has 1 saturated carbocycles. The molecule has 1 aliphatic rings. The Balaban J connectivity index is 1.73. The fourth-order valence-corrected chi connectivity index (χ4v) is 2.34. The summed E-state index contributed by atoms with van der Waals surface area (Å²) in [7, 11) is 0. The Hall–Kier alpha value is -1.55. The van der Waals surface area contributed by atoms with Crippen LogP contribution in [0.4, 0.5) is 0 Å². The monoisotopic (exact) mass is 277 g/mol. The van der Waals surface area contributed by atoms with Crippen molar-refractivity contribution in [2.75, 3.05) is 13.2 Å². The molecule has 4 heteroatoms. The molecule has 1 aliphatic carbocycles. The van der Waals surface area contributed by atoms with E-state index in [9.17, 15) is 4.79 Å². The number of benzene rings is 1. The van der Waals surface area contributed by atoms with Crippen LogP contribution in [-0.4, -0.2) is 30.3 Å². The predicted octanol–water partition coefficient (Wildman–Crippen LogP) is 2.93. The zero-order chi connectivity index (χ0) is 14.4. The molecule has 1 aromatic rings. The molecule has 110 valence electrons. The third kappa shape index (κ3) is 4.53. The molecule has 0 bridgehead atoms. The Kier molecular flexibility index (Phi) is 5.41. The van der Waals surface area contributed by atoms with Gasteiger partial charge in [-0.05, 0) is 30.9 Å². The van der Waals surface area contributed by atoms with Crippen molar-refractivity contribution in [2.45, 2.75) is 38.6 Å². The Morgan fingerprint density at radius 3 is 2.85 bits per heavy atom. The zero-order valence-electron chi connectivity index (χ0n) is 12.0. The first-order valence-corrected chi connectivity index (χ1v) is 7.39. The van der Waals surface area contributed by atoms with E-state index in [2.05, 4.69) is 12.2 Å². The summed E-state index contributed by atoms with van der Waals surface area (Å²) >= 11 is 0. The topological polar surface area (TPSA) is 58.6 Å². The second kappa shape index (κ2) is 7.29. The predicted molar refractivity (Wildman–Crippen MR) is 78.3 cm³/mol. The third-order valence-electron chi connectivity index (χ3n) is 3.72. The molecule has 0 radical (unpaired) electrons. The Morgan fingerprint density at radius 2 is 2.20 bits per heavy atom. The van der Waals surface area contributed by atoms with Gasteiger partial charge in [-0.3, -0.25) is 0 Å². The van der Waals surface area contributed by atoms with Crippen molar-refractivity contribution in [1.82, 2.24) is 5.32 Å². The molecule has 2 N–H and O–H groups in total. The van der Waals surface area contributed by atoms with Gasteiger partial charge in [-0.2, -0.15) is 0 Å². The first-order chi connectivity index (χ1) is 9.70. The van der Waals surface area contributed by atoms with E-state index in [0.717, 1.165) is 18.9 Å². The average Bonchev–Trinajstić information content (AvgIpc) is 3.26. The lowest BCUT2D eigenvalue weighted by Crippen LogP contribution is -2.32. The van der Waals surface area contributed by atoms with Gasteiger partial charge in [-0.1, -0.05) is 31.9 Å². The Morgan fingerprint density at radius 1 is 1.45 bits per heavy atom. The number of carboxylic acid groups (broad SMARTS) is 1. The number of carbonyl (C=O) groups is 1. The molecule has 20 heavy (non-hydrogen) atoms. The zero-order valence-corrected chi connectivity index (χ0v) is 12.0. The van der Waals surface area contributed by atoms with Crippen molar-refractivity contribution < 1.29 is 14.6 Å². The van der Waals surface area contributed by atoms with Crippen LogP contribution in [0.3, 0.4) is 0 Å². The van der Waals surface area contributed by atoms with Crippen molar-refractivity contribution in [1.29, 1.82) is 0 Å². The van der Waals surface area contributed by atoms with Crippen molar-refractivity contribution >= 4 is 5.97 Å². The molecular weight excluding hydrogens is 254 g/mol. The molecule has 0 saturated heterocycles. The SMILES string of the molecule is CCC(CC1CC1)NCCOc1ccccc1C(=O)O. The highest BCUT2D eigenvalue weighted by molar-refractivity contribution is 5.90. The summed E-state index contributed by atoms with van der Waals surface area (Å²) in [4.78, 5) is 11.0. The summed E-state index contributed by atoms with van der Waals surface area (Å²) in [5.74, 6) is 0.409. The third-order valence-corrected chi connectivity index (χ3v) is 3.72. The molecule has 0 amide bonds. The van der Waals surface area contributed by atoms with Crippen LogP contribution in [0, 0.1) is 5.92 Å². The van der Waals surface area contributed by atoms with Crippen molar-refractivity contribution in [3.8, 4) is 5.75 Å². The molecule has 1 unspecified atom stereocenters. The summed E-state index contributed by atoms with van der Waals surface area (Å²) < 4.78 is 5.57. The molecule has 0 spiro atoms. The molecule has 0 heterocycles. The van der Waals surface area contributed by atoms with Gasteiger partial charge in [-0.15, -0.1) is 0 Å². The summed E-state index contributed by atoms with van der Waals surface area (Å²) in [6, 6.07) is 7.31. The lowest BCUT2D eigenvalue weighted by molar-refractivity contribution is 0.0692. The molecular formula is C16H23NO3. The van der Waals surface area contributed by atoms with Gasteiger partial charge >= 0.3 is 5.97 Å². The van der Waals surface area contributed by atoms with E-state index in [0.29, 0.717) is 18.4 Å². The summed E-state index contributed by atoms with van der Waals surface area (Å²) in [6.07, 6.45) is 5.13. The smallest absolute Gasteiger partial charge is 0.339 e. The van der Waals surface area contributed by atoms with Crippen LogP contribution in [0.1, 0.15) is 43.0 Å². The van der Waals surface area contributed by atoms with Crippen molar-refractivity contribution in [2.24, 2.45) is 5.92 Å². The van der Waals surface area contributed by atoms with Crippen LogP contribution in [0.5, 0.6) is 5.75 Å². The van der Waals surface area contributed by atoms with E-state index in [4.69, 9.17) is 9.84 Å². The van der Waals surface area contributed by atoms with E-state index in [1.54, 1.807) is 24.3 Å². The number of hydrogen-bond donors (Lipinski definition) is 2. The maximum absolute atomic E-state index is 11.0. The normalized spacial score (nSPS) is 15.8. The summed E-state index contributed by atoms with van der Waals surface area (Å²) in [6.45, 7) is 3.44. The maximum atomic E-state index is 11.0. The van der Waals surface area contributed by atoms with E-state index >= 15 is 0 Å². The highest BCUT2D eigenvalue weighted by Crippen LogP contribution is 2.33. The van der Waals surface area contributed by atoms with E-state index in [-0.39, 0.29) is 5.56 Å². The summed E-state index contributed by atoms with van der Waals surface area (Å²) in [5.41, 5.74) is 0.220. The molecule has 4 nitrogen and oxygen atoms in total. The molecule has 2 rings (SSSR count). The van der Waals surface area contributed by atoms with Crippen LogP contribution in [-0.2, 0) is 0 Å². The fraction of sp³-hybridized carbons (Fsp3) is 0.562. The quantitative estimate of drug-likeness (QED) is 0.681. The van der Waals surface area contributed by atoms with Crippen LogP contribution < -0.4 is 10.1 Å². The van der Waals surface area contributed by atoms with Crippen LogP contribution in [0.25, 0.3) is 0 Å². The second-order valence-electron chi connectivity index (χ2n) is 5.39. The number of aromatic carboxylic acids is 1. The van der Waals surface area contributed by atoms with Crippen LogP contribution >= 0.6 is 0 Å². The molecule has 1 fully saturated rings. The van der Waals surface area contributed by atoms with Gasteiger partial charge in [0.15, 0.2) is 0 Å². The minimum atomic E-state index is -0.950. The largest absolute Gasteiger partial charge is 0.491 e. The van der Waals surface area contributed by atoms with Gasteiger partial charge in [0, 0.05) is 12.6 Å². The molecule has 0 aliphatic heterocycles. The standard InChI is InChI=1S/C16H23NO3/c1-2-13(11-12-7-8-12)17-9-10-20-15-6-4-3-5-14(15)16(18)19/h3-6,12-13,17H,2,7-11H2,1H3,(H,18,19). The average molecular weight is 277 g/mol. The minimum Gasteiger partial charge on any atom is -0.491 e. The van der Waals surface area contributed by atoms with Gasteiger partial charge in [-0.25, -0.2) is 4.79 Å². The minimum absolute atomic E-state index is 0.220. The first kappa shape index (κ1) is 14.9. The lowest BCUT2D eigenvalue weighted by atomic mass is 10.1. The number of hydrogen-bond acceptors (Lipinski definition) is 3. The van der Waals surface area contributed by atoms with Gasteiger partial charge in [0.05, 0.1) is 0 Å². The van der Waals surface area contributed by atoms with E-state index < -0.39 is 5.97 Å². The lowest BCUT2D eigenvalue weighted by Gasteiger charge is -2.17.